The standard InChI is InChI=1S/C26H40O4/c1-7-11-12-14-20(5)15-13-18-30-21(6)19-22-16-17-24(23(22)8-2)25(28-9-3)26(27)29-10-4/h7-8,11-12,14,19-21H,9-10,13,15-18H2,1-6H3/b11-7-,14-12-,22-19-,23-8+,25-24-. The molecule has 1 aliphatic rings. The molecule has 4 nitrogen and oxygen atoms in total. The molecule has 2 atom stereocenters. The quantitative estimate of drug-likeness (QED) is 0.120. The van der Waals surface area contributed by atoms with Crippen molar-refractivity contribution < 1.29 is 19.0 Å². The summed E-state index contributed by atoms with van der Waals surface area (Å²) in [6, 6.07) is 0. The molecular weight excluding hydrogens is 376 g/mol. The molecule has 0 saturated heterocycles. The van der Waals surface area contributed by atoms with E-state index in [9.17, 15) is 4.79 Å². The van der Waals surface area contributed by atoms with E-state index in [0.29, 0.717) is 24.9 Å². The second kappa shape index (κ2) is 14.8. The largest absolute Gasteiger partial charge is 0.487 e. The van der Waals surface area contributed by atoms with E-state index in [1.807, 2.05) is 26.8 Å². The lowest BCUT2D eigenvalue weighted by atomic mass is 10.0. The highest BCUT2D eigenvalue weighted by Crippen LogP contribution is 2.38. The van der Waals surface area contributed by atoms with Gasteiger partial charge in [0.05, 0.1) is 19.3 Å². The molecule has 2 unspecified atom stereocenters. The zero-order valence-electron chi connectivity index (χ0n) is 19.7. The molecule has 0 bridgehead atoms. The fourth-order valence-corrected chi connectivity index (χ4v) is 3.57. The van der Waals surface area contributed by atoms with Crippen LogP contribution in [0.1, 0.15) is 67.2 Å². The van der Waals surface area contributed by atoms with Crippen LogP contribution in [0.3, 0.4) is 0 Å². The van der Waals surface area contributed by atoms with Gasteiger partial charge in [0.25, 0.3) is 0 Å². The lowest BCUT2D eigenvalue weighted by molar-refractivity contribution is -0.142. The first-order chi connectivity index (χ1) is 14.5. The highest BCUT2D eigenvalue weighted by molar-refractivity contribution is 5.89. The van der Waals surface area contributed by atoms with Gasteiger partial charge in [-0.3, -0.25) is 0 Å². The predicted molar refractivity (Wildman–Crippen MR) is 124 cm³/mol. The third-order valence-corrected chi connectivity index (χ3v) is 4.99. The number of hydrogen-bond donors (Lipinski definition) is 0. The second-order valence-corrected chi connectivity index (χ2v) is 7.46. The molecular formula is C26H40O4. The number of allylic oxidation sites excluding steroid dienone is 8. The van der Waals surface area contributed by atoms with E-state index in [1.165, 1.54) is 5.57 Å². The second-order valence-electron chi connectivity index (χ2n) is 7.46. The summed E-state index contributed by atoms with van der Waals surface area (Å²) < 4.78 is 16.9. The Bertz CT molecular complexity index is 679. The van der Waals surface area contributed by atoms with E-state index in [1.54, 1.807) is 6.92 Å². The van der Waals surface area contributed by atoms with Crippen molar-refractivity contribution in [1.82, 2.24) is 0 Å². The summed E-state index contributed by atoms with van der Waals surface area (Å²) in [7, 11) is 0. The first kappa shape index (κ1) is 26.0. The van der Waals surface area contributed by atoms with Crippen LogP contribution in [0.25, 0.3) is 0 Å². The molecule has 4 heteroatoms. The van der Waals surface area contributed by atoms with Crippen LogP contribution in [0.4, 0.5) is 0 Å². The van der Waals surface area contributed by atoms with E-state index in [0.717, 1.165) is 43.4 Å². The van der Waals surface area contributed by atoms with Crippen molar-refractivity contribution in [2.45, 2.75) is 73.3 Å². The smallest absolute Gasteiger partial charge is 0.373 e. The van der Waals surface area contributed by atoms with Crippen LogP contribution in [0.5, 0.6) is 0 Å². The van der Waals surface area contributed by atoms with Gasteiger partial charge in [-0.15, -0.1) is 0 Å². The first-order valence-electron chi connectivity index (χ1n) is 11.3. The summed E-state index contributed by atoms with van der Waals surface area (Å²) in [4.78, 5) is 12.3. The molecule has 1 rings (SSSR count). The minimum Gasteiger partial charge on any atom is -0.487 e. The van der Waals surface area contributed by atoms with Crippen molar-refractivity contribution in [3.63, 3.8) is 0 Å². The molecule has 0 aromatic carbocycles. The molecule has 0 radical (unpaired) electrons. The van der Waals surface area contributed by atoms with Crippen LogP contribution < -0.4 is 0 Å². The summed E-state index contributed by atoms with van der Waals surface area (Å²) in [5.74, 6) is 0.525. The number of esters is 1. The molecule has 1 fully saturated rings. The number of rotatable bonds is 12. The number of carbonyl (C=O) groups is 1. The minimum absolute atomic E-state index is 0.0290. The van der Waals surface area contributed by atoms with Gasteiger partial charge in [-0.2, -0.15) is 0 Å². The molecule has 0 aromatic rings. The number of carbonyl (C=O) groups excluding carboxylic acids is 1. The molecule has 0 aromatic heterocycles. The average Bonchev–Trinajstić information content (AvgIpc) is 3.11. The highest BCUT2D eigenvalue weighted by atomic mass is 16.6. The maximum absolute atomic E-state index is 12.3. The molecule has 1 aliphatic carbocycles. The molecule has 0 heterocycles. The molecule has 30 heavy (non-hydrogen) atoms. The van der Waals surface area contributed by atoms with Crippen LogP contribution in [-0.2, 0) is 19.0 Å². The van der Waals surface area contributed by atoms with Gasteiger partial charge < -0.3 is 14.2 Å². The molecule has 0 N–H and O–H groups in total. The highest BCUT2D eigenvalue weighted by Gasteiger charge is 2.27. The molecule has 0 amide bonds. The van der Waals surface area contributed by atoms with Gasteiger partial charge in [0, 0.05) is 12.2 Å². The van der Waals surface area contributed by atoms with Crippen LogP contribution >= 0.6 is 0 Å². The third-order valence-electron chi connectivity index (χ3n) is 4.99. The summed E-state index contributed by atoms with van der Waals surface area (Å²) in [6.45, 7) is 13.5. The Labute approximate surface area is 183 Å². The minimum atomic E-state index is -0.378. The summed E-state index contributed by atoms with van der Waals surface area (Å²) in [5, 5.41) is 0. The van der Waals surface area contributed by atoms with E-state index in [4.69, 9.17) is 14.2 Å². The van der Waals surface area contributed by atoms with E-state index in [2.05, 4.69) is 44.2 Å². The van der Waals surface area contributed by atoms with Gasteiger partial charge in [0.2, 0.25) is 5.76 Å². The monoisotopic (exact) mass is 416 g/mol. The lowest BCUT2D eigenvalue weighted by Gasteiger charge is -2.14. The molecule has 168 valence electrons. The first-order valence-corrected chi connectivity index (χ1v) is 11.3. The Hall–Kier alpha value is -2.07. The summed E-state index contributed by atoms with van der Waals surface area (Å²) in [5.41, 5.74) is 3.23. The Balaban J connectivity index is 2.71. The molecule has 0 spiro atoms. The van der Waals surface area contributed by atoms with Crippen molar-refractivity contribution in [3.05, 3.63) is 58.9 Å². The summed E-state index contributed by atoms with van der Waals surface area (Å²) in [6.07, 6.45) is 16.5. The third kappa shape index (κ3) is 8.74. The van der Waals surface area contributed by atoms with Crippen molar-refractivity contribution in [2.24, 2.45) is 5.92 Å². The maximum atomic E-state index is 12.3. The molecule has 0 aliphatic heterocycles. The van der Waals surface area contributed by atoms with Crippen LogP contribution in [0, 0.1) is 5.92 Å². The zero-order valence-corrected chi connectivity index (χ0v) is 19.7. The Morgan fingerprint density at radius 1 is 1.07 bits per heavy atom. The number of hydrogen-bond acceptors (Lipinski definition) is 4. The SMILES string of the molecule is C/C=C\C=C/C(C)CCCOC(C)/C=C1/CCC(=C(/OCC)C(=O)OCC)/C1=C/C. The fraction of sp³-hybridized carbons (Fsp3) is 0.577. The van der Waals surface area contributed by atoms with Crippen molar-refractivity contribution in [2.75, 3.05) is 19.8 Å². The predicted octanol–water partition coefficient (Wildman–Crippen LogP) is 6.46. The van der Waals surface area contributed by atoms with E-state index >= 15 is 0 Å². The van der Waals surface area contributed by atoms with Crippen LogP contribution in [-0.4, -0.2) is 31.9 Å². The van der Waals surface area contributed by atoms with Gasteiger partial charge >= 0.3 is 5.97 Å². The van der Waals surface area contributed by atoms with Gasteiger partial charge in [-0.1, -0.05) is 43.4 Å². The average molecular weight is 417 g/mol. The van der Waals surface area contributed by atoms with E-state index < -0.39 is 0 Å². The van der Waals surface area contributed by atoms with Crippen molar-refractivity contribution in [3.8, 4) is 0 Å². The van der Waals surface area contributed by atoms with Gasteiger partial charge in [-0.05, 0) is 77.4 Å². The van der Waals surface area contributed by atoms with Crippen molar-refractivity contribution >= 4 is 5.97 Å². The topological polar surface area (TPSA) is 44.8 Å². The summed E-state index contributed by atoms with van der Waals surface area (Å²) >= 11 is 0. The van der Waals surface area contributed by atoms with Gasteiger partial charge in [0.15, 0.2) is 0 Å². The van der Waals surface area contributed by atoms with E-state index in [-0.39, 0.29) is 12.1 Å². The molecule has 1 saturated carbocycles. The lowest BCUT2D eigenvalue weighted by Crippen LogP contribution is -2.13. The fourth-order valence-electron chi connectivity index (χ4n) is 3.57. The van der Waals surface area contributed by atoms with Crippen LogP contribution in [0.15, 0.2) is 58.9 Å². The Morgan fingerprint density at radius 3 is 2.43 bits per heavy atom. The normalized spacial score (nSPS) is 21.0. The van der Waals surface area contributed by atoms with Crippen LogP contribution in [0.2, 0.25) is 0 Å². The number of ether oxygens (including phenoxy) is 3. The van der Waals surface area contributed by atoms with Crippen molar-refractivity contribution in [1.29, 1.82) is 0 Å². The maximum Gasteiger partial charge on any atom is 0.373 e. The zero-order chi connectivity index (χ0) is 22.4. The van der Waals surface area contributed by atoms with Gasteiger partial charge in [-0.25, -0.2) is 4.79 Å². The van der Waals surface area contributed by atoms with Gasteiger partial charge in [0.1, 0.15) is 0 Å². The Morgan fingerprint density at radius 2 is 1.80 bits per heavy atom. The Kier molecular flexibility index (Phi) is 12.8.